The molecule has 1 saturated heterocycles. The minimum atomic E-state index is -0.161. The number of Topliss-reactive ketones (excluding diaryl/α,β-unsaturated/α-hetero) is 1. The summed E-state index contributed by atoms with van der Waals surface area (Å²) in [5, 5.41) is 14.8. The standard InChI is InChI=1S/C22H20BrN3O3/c23-14-1-3-18-16(10-14)13(11-25-18)9-20-21(28)15-2-4-19(27)17(22(15)29-20)12-26-7-5-24-6-8-26/h1-4,9-11,24-25,27H,5-8,12H2/b20-9-. The van der Waals surface area contributed by atoms with Crippen molar-refractivity contribution in [3.05, 3.63) is 63.5 Å². The van der Waals surface area contributed by atoms with Crippen molar-refractivity contribution in [2.75, 3.05) is 26.2 Å². The number of aromatic amines is 1. The molecular weight excluding hydrogens is 434 g/mol. The van der Waals surface area contributed by atoms with Gasteiger partial charge in [-0.25, -0.2) is 0 Å². The van der Waals surface area contributed by atoms with Crippen molar-refractivity contribution in [3.63, 3.8) is 0 Å². The van der Waals surface area contributed by atoms with Crippen LogP contribution in [0, 0.1) is 0 Å². The summed E-state index contributed by atoms with van der Waals surface area (Å²) >= 11 is 3.49. The molecule has 3 aromatic rings. The topological polar surface area (TPSA) is 77.6 Å². The first-order valence-corrected chi connectivity index (χ1v) is 10.4. The summed E-state index contributed by atoms with van der Waals surface area (Å²) in [6, 6.07) is 9.18. The number of halogens is 1. The molecule has 0 saturated carbocycles. The highest BCUT2D eigenvalue weighted by atomic mass is 79.9. The summed E-state index contributed by atoms with van der Waals surface area (Å²) in [4.78, 5) is 18.4. The number of aromatic hydroxyl groups is 1. The lowest BCUT2D eigenvalue weighted by Gasteiger charge is -2.27. The third-order valence-corrected chi connectivity index (χ3v) is 5.96. The molecule has 2 aromatic carbocycles. The maximum Gasteiger partial charge on any atom is 0.231 e. The number of nitrogens with one attached hydrogen (secondary N) is 2. The molecule has 0 aliphatic carbocycles. The molecule has 5 rings (SSSR count). The first-order chi connectivity index (χ1) is 14.1. The Bertz CT molecular complexity index is 1150. The molecule has 7 heteroatoms. The molecular formula is C22H20BrN3O3. The highest BCUT2D eigenvalue weighted by Gasteiger charge is 2.32. The van der Waals surface area contributed by atoms with E-state index in [1.165, 1.54) is 0 Å². The summed E-state index contributed by atoms with van der Waals surface area (Å²) in [7, 11) is 0. The van der Waals surface area contributed by atoms with Crippen molar-refractivity contribution >= 4 is 38.7 Å². The largest absolute Gasteiger partial charge is 0.507 e. The zero-order valence-corrected chi connectivity index (χ0v) is 17.3. The van der Waals surface area contributed by atoms with Crippen molar-refractivity contribution in [1.82, 2.24) is 15.2 Å². The SMILES string of the molecule is O=C1/C(=C/c2c[nH]c3ccc(Br)cc23)Oc2c1ccc(O)c2CN1CCNCC1. The van der Waals surface area contributed by atoms with Gasteiger partial charge in [0.15, 0.2) is 5.76 Å². The number of H-pyrrole nitrogens is 1. The average molecular weight is 454 g/mol. The fourth-order valence-corrected chi connectivity index (χ4v) is 4.28. The second-order valence-electron chi connectivity index (χ2n) is 7.34. The highest BCUT2D eigenvalue weighted by Crippen LogP contribution is 2.40. The third kappa shape index (κ3) is 3.35. The fraction of sp³-hybridized carbons (Fsp3) is 0.227. The molecule has 1 fully saturated rings. The number of phenols is 1. The monoisotopic (exact) mass is 453 g/mol. The minimum absolute atomic E-state index is 0.160. The van der Waals surface area contributed by atoms with Crippen molar-refractivity contribution in [2.45, 2.75) is 6.54 Å². The van der Waals surface area contributed by atoms with Crippen LogP contribution in [0.2, 0.25) is 0 Å². The van der Waals surface area contributed by atoms with Crippen LogP contribution in [0.5, 0.6) is 11.5 Å². The van der Waals surface area contributed by atoms with Gasteiger partial charge >= 0.3 is 0 Å². The van der Waals surface area contributed by atoms with Gasteiger partial charge in [0.25, 0.3) is 0 Å². The van der Waals surface area contributed by atoms with Crippen LogP contribution < -0.4 is 10.1 Å². The quantitative estimate of drug-likeness (QED) is 0.527. The van der Waals surface area contributed by atoms with Gasteiger partial charge in [0.1, 0.15) is 11.5 Å². The predicted molar refractivity (Wildman–Crippen MR) is 115 cm³/mol. The highest BCUT2D eigenvalue weighted by molar-refractivity contribution is 9.10. The lowest BCUT2D eigenvalue weighted by atomic mass is 10.0. The van der Waals surface area contributed by atoms with E-state index < -0.39 is 0 Å². The third-order valence-electron chi connectivity index (χ3n) is 5.47. The van der Waals surface area contributed by atoms with Gasteiger partial charge in [0.2, 0.25) is 5.78 Å². The molecule has 0 bridgehead atoms. The van der Waals surface area contributed by atoms with Gasteiger partial charge in [0.05, 0.1) is 11.1 Å². The number of hydrogen-bond donors (Lipinski definition) is 3. The number of carbonyl (C=O) groups excluding carboxylic acids is 1. The average Bonchev–Trinajstić information content (AvgIpc) is 3.26. The minimum Gasteiger partial charge on any atom is -0.507 e. The van der Waals surface area contributed by atoms with Crippen molar-refractivity contribution in [2.24, 2.45) is 0 Å². The van der Waals surface area contributed by atoms with Gasteiger partial charge in [-0.3, -0.25) is 9.69 Å². The van der Waals surface area contributed by atoms with Crippen LogP contribution in [0.1, 0.15) is 21.5 Å². The van der Waals surface area contributed by atoms with Crippen LogP contribution in [-0.4, -0.2) is 47.0 Å². The molecule has 6 nitrogen and oxygen atoms in total. The first kappa shape index (κ1) is 18.4. The molecule has 0 spiro atoms. The van der Waals surface area contributed by atoms with Crippen molar-refractivity contribution in [1.29, 1.82) is 0 Å². The van der Waals surface area contributed by atoms with E-state index in [2.05, 4.69) is 31.1 Å². The number of piperazine rings is 1. The Morgan fingerprint density at radius 1 is 1.21 bits per heavy atom. The lowest BCUT2D eigenvalue weighted by Crippen LogP contribution is -2.42. The molecule has 2 aliphatic rings. The number of ether oxygens (including phenoxy) is 1. The van der Waals surface area contributed by atoms with Crippen LogP contribution >= 0.6 is 15.9 Å². The zero-order chi connectivity index (χ0) is 20.0. The van der Waals surface area contributed by atoms with Gasteiger partial charge in [-0.15, -0.1) is 0 Å². The van der Waals surface area contributed by atoms with Crippen LogP contribution in [0.3, 0.4) is 0 Å². The normalized spacial score (nSPS) is 18.4. The maximum atomic E-state index is 13.0. The molecule has 0 amide bonds. The molecule has 2 aliphatic heterocycles. The van der Waals surface area contributed by atoms with Gasteiger partial charge < -0.3 is 20.1 Å². The summed E-state index contributed by atoms with van der Waals surface area (Å²) < 4.78 is 6.98. The predicted octanol–water partition coefficient (Wildman–Crippen LogP) is 3.66. The van der Waals surface area contributed by atoms with Crippen LogP contribution in [-0.2, 0) is 6.54 Å². The van der Waals surface area contributed by atoms with E-state index in [-0.39, 0.29) is 17.3 Å². The molecule has 1 aromatic heterocycles. The molecule has 3 N–H and O–H groups in total. The van der Waals surface area contributed by atoms with Gasteiger partial charge in [-0.2, -0.15) is 0 Å². The Balaban J connectivity index is 1.50. The zero-order valence-electron chi connectivity index (χ0n) is 15.7. The van der Waals surface area contributed by atoms with Gasteiger partial charge in [0, 0.05) is 59.9 Å². The number of phenolic OH excluding ortho intramolecular Hbond substituents is 1. The van der Waals surface area contributed by atoms with Crippen LogP contribution in [0.25, 0.3) is 17.0 Å². The van der Waals surface area contributed by atoms with Crippen LogP contribution in [0.4, 0.5) is 0 Å². The number of aromatic nitrogens is 1. The van der Waals surface area contributed by atoms with Gasteiger partial charge in [-0.05, 0) is 36.4 Å². The summed E-state index contributed by atoms with van der Waals surface area (Å²) in [6.07, 6.45) is 3.63. The molecule has 148 valence electrons. The lowest BCUT2D eigenvalue weighted by molar-refractivity contribution is 0.101. The van der Waals surface area contributed by atoms with Gasteiger partial charge in [-0.1, -0.05) is 15.9 Å². The Morgan fingerprint density at radius 3 is 2.86 bits per heavy atom. The van der Waals surface area contributed by atoms with E-state index in [1.54, 1.807) is 18.2 Å². The molecule has 0 unspecified atom stereocenters. The van der Waals surface area contributed by atoms with E-state index in [0.717, 1.165) is 47.1 Å². The Labute approximate surface area is 176 Å². The fourth-order valence-electron chi connectivity index (χ4n) is 3.92. The van der Waals surface area contributed by atoms with E-state index in [4.69, 9.17) is 4.74 Å². The van der Waals surface area contributed by atoms with Crippen molar-refractivity contribution in [3.8, 4) is 11.5 Å². The number of benzene rings is 2. The van der Waals surface area contributed by atoms with Crippen molar-refractivity contribution < 1.29 is 14.6 Å². The van der Waals surface area contributed by atoms with Crippen LogP contribution in [0.15, 0.2) is 46.8 Å². The van der Waals surface area contributed by atoms with E-state index in [1.807, 2.05) is 24.4 Å². The molecule has 0 atom stereocenters. The first-order valence-electron chi connectivity index (χ1n) is 9.59. The van der Waals surface area contributed by atoms with E-state index in [9.17, 15) is 9.90 Å². The summed E-state index contributed by atoms with van der Waals surface area (Å²) in [5.74, 6) is 0.743. The van der Waals surface area contributed by atoms with E-state index in [0.29, 0.717) is 23.4 Å². The molecule has 3 heterocycles. The Kier molecular flexibility index (Phi) is 4.66. The number of rotatable bonds is 3. The number of ketones is 1. The summed E-state index contributed by atoms with van der Waals surface area (Å²) in [5.41, 5.74) is 3.04. The number of nitrogens with zero attached hydrogens (tertiary/aromatic N) is 1. The maximum absolute atomic E-state index is 13.0. The number of fused-ring (bicyclic) bond motifs is 2. The number of carbonyl (C=O) groups is 1. The summed E-state index contributed by atoms with van der Waals surface area (Å²) in [6.45, 7) is 4.17. The Hall–Kier alpha value is -2.61. The smallest absolute Gasteiger partial charge is 0.231 e. The molecule has 0 radical (unpaired) electrons. The second-order valence-corrected chi connectivity index (χ2v) is 8.26. The Morgan fingerprint density at radius 2 is 2.03 bits per heavy atom. The number of hydrogen-bond acceptors (Lipinski definition) is 5. The number of allylic oxidation sites excluding steroid dienone is 1. The second kappa shape index (κ2) is 7.33. The molecule has 29 heavy (non-hydrogen) atoms. The van der Waals surface area contributed by atoms with E-state index >= 15 is 0 Å².